The summed E-state index contributed by atoms with van der Waals surface area (Å²) in [4.78, 5) is 14.3. The normalized spacial score (nSPS) is 9.20. The van der Waals surface area contributed by atoms with E-state index in [1.807, 2.05) is 6.07 Å². The van der Waals surface area contributed by atoms with E-state index >= 15 is 0 Å². The summed E-state index contributed by atoms with van der Waals surface area (Å²) in [6.07, 6.45) is 1.86. The zero-order chi connectivity index (χ0) is 7.40. The monoisotopic (exact) mass is 138 g/mol. The van der Waals surface area contributed by atoms with Crippen LogP contribution in [0.2, 0.25) is 0 Å². The highest BCUT2D eigenvalue weighted by Gasteiger charge is 1.95. The van der Waals surface area contributed by atoms with E-state index in [0.29, 0.717) is 0 Å². The van der Waals surface area contributed by atoms with E-state index in [1.165, 1.54) is 0 Å². The number of carbonyl (C=O) groups excluding carboxylic acids is 1. The highest BCUT2D eigenvalue weighted by molar-refractivity contribution is 5.75. The lowest BCUT2D eigenvalue weighted by Gasteiger charge is -1.92. The van der Waals surface area contributed by atoms with Crippen molar-refractivity contribution in [3.05, 3.63) is 30.1 Å². The summed E-state index contributed by atoms with van der Waals surface area (Å²) in [6.45, 7) is 0. The summed E-state index contributed by atoms with van der Waals surface area (Å²) in [6, 6.07) is 5.39. The SMILES string of the molecule is NC(=O)Cc1ccccn1.[HH]. The van der Waals surface area contributed by atoms with Crippen molar-refractivity contribution >= 4 is 5.91 Å². The second kappa shape index (κ2) is 2.96. The van der Waals surface area contributed by atoms with E-state index in [0.717, 1.165) is 5.69 Å². The summed E-state index contributed by atoms with van der Waals surface area (Å²) in [5.41, 5.74) is 5.66. The van der Waals surface area contributed by atoms with Gasteiger partial charge in [-0.1, -0.05) is 6.07 Å². The first-order valence-corrected chi connectivity index (χ1v) is 2.97. The molecule has 0 unspecified atom stereocenters. The van der Waals surface area contributed by atoms with Crippen molar-refractivity contribution in [1.29, 1.82) is 0 Å². The number of hydrogen-bond acceptors (Lipinski definition) is 2. The van der Waals surface area contributed by atoms with E-state index in [-0.39, 0.29) is 13.8 Å². The van der Waals surface area contributed by atoms with E-state index in [4.69, 9.17) is 5.73 Å². The molecule has 3 heteroatoms. The number of carbonyl (C=O) groups is 1. The van der Waals surface area contributed by atoms with Crippen LogP contribution in [0.25, 0.3) is 0 Å². The molecule has 1 rings (SSSR count). The number of hydrogen-bond donors (Lipinski definition) is 1. The van der Waals surface area contributed by atoms with E-state index in [1.54, 1.807) is 18.3 Å². The molecule has 0 saturated carbocycles. The van der Waals surface area contributed by atoms with Gasteiger partial charge in [0.1, 0.15) is 0 Å². The maximum absolute atomic E-state index is 10.4. The van der Waals surface area contributed by atoms with Crippen molar-refractivity contribution in [2.75, 3.05) is 0 Å². The Kier molecular flexibility index (Phi) is 1.99. The van der Waals surface area contributed by atoms with Gasteiger partial charge in [-0.3, -0.25) is 9.78 Å². The molecule has 3 nitrogen and oxygen atoms in total. The summed E-state index contributed by atoms with van der Waals surface area (Å²) in [5.74, 6) is -0.348. The van der Waals surface area contributed by atoms with E-state index in [2.05, 4.69) is 4.98 Å². The Morgan fingerprint density at radius 2 is 2.50 bits per heavy atom. The van der Waals surface area contributed by atoms with Crippen LogP contribution in [0.1, 0.15) is 7.12 Å². The summed E-state index contributed by atoms with van der Waals surface area (Å²) >= 11 is 0. The summed E-state index contributed by atoms with van der Waals surface area (Å²) in [5, 5.41) is 0. The van der Waals surface area contributed by atoms with Gasteiger partial charge in [-0.05, 0) is 12.1 Å². The zero-order valence-electron chi connectivity index (χ0n) is 5.45. The molecule has 0 bridgehead atoms. The fraction of sp³-hybridized carbons (Fsp3) is 0.143. The molecular formula is C7H10N2O. The zero-order valence-corrected chi connectivity index (χ0v) is 5.45. The first-order chi connectivity index (χ1) is 4.79. The number of pyridine rings is 1. The van der Waals surface area contributed by atoms with Crippen LogP contribution in [-0.2, 0) is 11.2 Å². The lowest BCUT2D eigenvalue weighted by atomic mass is 10.3. The molecule has 1 aromatic rings. The minimum Gasteiger partial charge on any atom is -0.369 e. The molecular weight excluding hydrogens is 128 g/mol. The topological polar surface area (TPSA) is 56.0 Å². The average Bonchev–Trinajstić information content (AvgIpc) is 1.88. The van der Waals surface area contributed by atoms with Crippen LogP contribution in [0.3, 0.4) is 0 Å². The first-order valence-electron chi connectivity index (χ1n) is 2.97. The van der Waals surface area contributed by atoms with Gasteiger partial charge < -0.3 is 5.73 Å². The highest BCUT2D eigenvalue weighted by Crippen LogP contribution is 1.92. The van der Waals surface area contributed by atoms with E-state index < -0.39 is 0 Å². The Balaban J connectivity index is 0.000001000. The molecule has 10 heavy (non-hydrogen) atoms. The third kappa shape index (κ3) is 1.85. The number of nitrogens with two attached hydrogens (primary N) is 1. The second-order valence-electron chi connectivity index (χ2n) is 1.96. The Hall–Kier alpha value is -1.38. The molecule has 1 amide bonds. The van der Waals surface area contributed by atoms with Crippen LogP contribution < -0.4 is 5.73 Å². The predicted octanol–water partition coefficient (Wildman–Crippen LogP) is 0.355. The van der Waals surface area contributed by atoms with Gasteiger partial charge in [0.05, 0.1) is 6.42 Å². The van der Waals surface area contributed by atoms with Crippen molar-refractivity contribution in [3.8, 4) is 0 Å². The molecule has 54 valence electrons. The molecule has 0 fully saturated rings. The Labute approximate surface area is 60.4 Å². The third-order valence-electron chi connectivity index (χ3n) is 1.08. The van der Waals surface area contributed by atoms with Crippen LogP contribution in [-0.4, -0.2) is 10.9 Å². The van der Waals surface area contributed by atoms with Crippen molar-refractivity contribution in [3.63, 3.8) is 0 Å². The Morgan fingerprint density at radius 3 is 3.00 bits per heavy atom. The van der Waals surface area contributed by atoms with Crippen molar-refractivity contribution in [2.24, 2.45) is 5.73 Å². The maximum atomic E-state index is 10.4. The fourth-order valence-electron chi connectivity index (χ4n) is 0.681. The van der Waals surface area contributed by atoms with Crippen LogP contribution >= 0.6 is 0 Å². The number of nitrogens with zero attached hydrogens (tertiary/aromatic N) is 1. The van der Waals surface area contributed by atoms with Gasteiger partial charge in [-0.2, -0.15) is 0 Å². The van der Waals surface area contributed by atoms with Crippen LogP contribution in [0.5, 0.6) is 0 Å². The molecule has 1 heterocycles. The van der Waals surface area contributed by atoms with Gasteiger partial charge in [-0.25, -0.2) is 0 Å². The molecule has 0 saturated heterocycles. The fourth-order valence-corrected chi connectivity index (χ4v) is 0.681. The first kappa shape index (κ1) is 6.74. The molecule has 0 radical (unpaired) electrons. The lowest BCUT2D eigenvalue weighted by Crippen LogP contribution is -2.14. The minimum absolute atomic E-state index is 0. The molecule has 0 aliphatic carbocycles. The number of rotatable bonds is 2. The molecule has 0 aliphatic rings. The van der Waals surface area contributed by atoms with Crippen molar-refractivity contribution < 1.29 is 6.22 Å². The summed E-state index contributed by atoms with van der Waals surface area (Å²) in [7, 11) is 0. The van der Waals surface area contributed by atoms with Crippen molar-refractivity contribution in [2.45, 2.75) is 6.42 Å². The molecule has 0 aliphatic heterocycles. The predicted molar refractivity (Wildman–Crippen MR) is 39.2 cm³/mol. The van der Waals surface area contributed by atoms with Gasteiger partial charge in [0.15, 0.2) is 0 Å². The molecule has 1 aromatic heterocycles. The average molecular weight is 138 g/mol. The van der Waals surface area contributed by atoms with Gasteiger partial charge in [0, 0.05) is 13.3 Å². The minimum atomic E-state index is -0.348. The number of aromatic nitrogens is 1. The molecule has 0 spiro atoms. The number of primary amides is 1. The molecule has 2 N–H and O–H groups in total. The van der Waals surface area contributed by atoms with E-state index in [9.17, 15) is 4.79 Å². The highest BCUT2D eigenvalue weighted by atomic mass is 16.1. The standard InChI is InChI=1S/C7H8N2O.H2/c8-7(10)5-6-3-1-2-4-9-6;/h1-4H,5H2,(H2,8,10);1H. The molecule has 0 aromatic carbocycles. The van der Waals surface area contributed by atoms with Crippen LogP contribution in [0.4, 0.5) is 0 Å². The third-order valence-corrected chi connectivity index (χ3v) is 1.08. The van der Waals surface area contributed by atoms with Gasteiger partial charge in [0.25, 0.3) is 0 Å². The smallest absolute Gasteiger partial charge is 0.223 e. The quantitative estimate of drug-likeness (QED) is 0.641. The Bertz CT molecular complexity index is 225. The molecule has 0 atom stereocenters. The second-order valence-corrected chi connectivity index (χ2v) is 1.96. The van der Waals surface area contributed by atoms with Gasteiger partial charge in [-0.15, -0.1) is 0 Å². The van der Waals surface area contributed by atoms with Gasteiger partial charge in [0.2, 0.25) is 5.91 Å². The Morgan fingerprint density at radius 1 is 1.70 bits per heavy atom. The van der Waals surface area contributed by atoms with Gasteiger partial charge >= 0.3 is 0 Å². The lowest BCUT2D eigenvalue weighted by molar-refractivity contribution is -0.117. The number of amides is 1. The largest absolute Gasteiger partial charge is 0.369 e. The summed E-state index contributed by atoms with van der Waals surface area (Å²) < 4.78 is 0. The maximum Gasteiger partial charge on any atom is 0.223 e. The van der Waals surface area contributed by atoms with Crippen molar-refractivity contribution in [1.82, 2.24) is 4.98 Å². The van der Waals surface area contributed by atoms with Crippen LogP contribution in [0, 0.1) is 0 Å². The van der Waals surface area contributed by atoms with Crippen LogP contribution in [0.15, 0.2) is 24.4 Å².